The van der Waals surface area contributed by atoms with Gasteiger partial charge in [-0.1, -0.05) is 24.3 Å². The number of benzene rings is 1. The number of methoxy groups -OCH3 is 3. The van der Waals surface area contributed by atoms with Gasteiger partial charge in [0.25, 0.3) is 0 Å². The maximum atomic E-state index is 12.3. The summed E-state index contributed by atoms with van der Waals surface area (Å²) in [5.74, 6) is -1.64. The molecule has 1 aliphatic carbocycles. The molecule has 0 aliphatic heterocycles. The van der Waals surface area contributed by atoms with Gasteiger partial charge in [-0.15, -0.1) is 0 Å². The van der Waals surface area contributed by atoms with Gasteiger partial charge in [0.1, 0.15) is 11.5 Å². The minimum absolute atomic E-state index is 0.167. The van der Waals surface area contributed by atoms with Gasteiger partial charge in [0.2, 0.25) is 0 Å². The predicted molar refractivity (Wildman–Crippen MR) is 101 cm³/mol. The Labute approximate surface area is 163 Å². The lowest BCUT2D eigenvalue weighted by Gasteiger charge is -2.26. The highest BCUT2D eigenvalue weighted by Gasteiger charge is 2.28. The van der Waals surface area contributed by atoms with E-state index < -0.39 is 17.9 Å². The molecule has 2 unspecified atom stereocenters. The summed E-state index contributed by atoms with van der Waals surface area (Å²) in [4.78, 5) is 24.4. The van der Waals surface area contributed by atoms with Gasteiger partial charge in [-0.3, -0.25) is 4.79 Å². The van der Waals surface area contributed by atoms with Gasteiger partial charge in [-0.05, 0) is 24.3 Å². The van der Waals surface area contributed by atoms with Crippen LogP contribution in [0.5, 0.6) is 5.75 Å². The van der Waals surface area contributed by atoms with Gasteiger partial charge in [-0.2, -0.15) is 0 Å². The maximum Gasteiger partial charge on any atom is 0.341 e. The van der Waals surface area contributed by atoms with Crippen LogP contribution in [0.25, 0.3) is 0 Å². The molecule has 1 aromatic rings. The number of esters is 1. The Bertz CT molecular complexity index is 779. The molecule has 2 rings (SSSR count). The van der Waals surface area contributed by atoms with E-state index in [1.54, 1.807) is 42.5 Å². The highest BCUT2D eigenvalue weighted by Crippen LogP contribution is 2.28. The van der Waals surface area contributed by atoms with Gasteiger partial charge >= 0.3 is 5.97 Å². The van der Waals surface area contributed by atoms with Crippen molar-refractivity contribution in [2.75, 3.05) is 21.3 Å². The summed E-state index contributed by atoms with van der Waals surface area (Å²) < 4.78 is 20.6. The molecule has 7 heteroatoms. The van der Waals surface area contributed by atoms with Crippen LogP contribution in [0.2, 0.25) is 0 Å². The first kappa shape index (κ1) is 21.6. The molecule has 0 heterocycles. The normalized spacial score (nSPS) is 20.3. The number of para-hydroxylation sites is 1. The Morgan fingerprint density at radius 1 is 1.21 bits per heavy atom. The van der Waals surface area contributed by atoms with Crippen LogP contribution in [0, 0.1) is 0 Å². The molecule has 1 aromatic carbocycles. The Hall–Kier alpha value is -2.74. The lowest BCUT2D eigenvalue weighted by molar-refractivity contribution is -0.147. The first-order valence-electron chi connectivity index (χ1n) is 8.66. The lowest BCUT2D eigenvalue weighted by atomic mass is 9.99. The molecule has 0 fully saturated rings. The van der Waals surface area contributed by atoms with E-state index in [2.05, 4.69) is 0 Å². The summed E-state index contributed by atoms with van der Waals surface area (Å²) in [7, 11) is 4.19. The Morgan fingerprint density at radius 3 is 2.54 bits per heavy atom. The number of allylic oxidation sites excluding steroid dienone is 2. The first-order chi connectivity index (χ1) is 13.4. The SMILES string of the molecule is COC1=CC(O)(OC)CC=C1C=CC(=O)CC(OC)C(=O)Oc1ccccc1. The minimum atomic E-state index is -1.44. The summed E-state index contributed by atoms with van der Waals surface area (Å²) in [5.41, 5.74) is 0.624. The second-order valence-corrected chi connectivity index (χ2v) is 6.09. The van der Waals surface area contributed by atoms with Gasteiger partial charge in [0.05, 0.1) is 7.11 Å². The van der Waals surface area contributed by atoms with E-state index in [1.165, 1.54) is 33.5 Å². The molecule has 150 valence electrons. The number of aliphatic hydroxyl groups is 1. The van der Waals surface area contributed by atoms with Crippen molar-refractivity contribution in [3.63, 3.8) is 0 Å². The fraction of sp³-hybridized carbons (Fsp3) is 0.333. The van der Waals surface area contributed by atoms with E-state index in [0.29, 0.717) is 17.1 Å². The Morgan fingerprint density at radius 2 is 1.93 bits per heavy atom. The van der Waals surface area contributed by atoms with Crippen molar-refractivity contribution in [3.8, 4) is 5.75 Å². The third-order valence-corrected chi connectivity index (χ3v) is 4.17. The molecule has 0 bridgehead atoms. The van der Waals surface area contributed by atoms with Crippen LogP contribution in [-0.4, -0.2) is 50.1 Å². The highest BCUT2D eigenvalue weighted by molar-refractivity contribution is 5.94. The second kappa shape index (κ2) is 9.98. The smallest absolute Gasteiger partial charge is 0.341 e. The average molecular weight is 388 g/mol. The quantitative estimate of drug-likeness (QED) is 0.300. The third-order valence-electron chi connectivity index (χ3n) is 4.17. The number of carbonyl (C=O) groups excluding carboxylic acids is 2. The van der Waals surface area contributed by atoms with E-state index in [1.807, 2.05) is 0 Å². The van der Waals surface area contributed by atoms with Crippen LogP contribution in [0.15, 0.2) is 66.0 Å². The van der Waals surface area contributed by atoms with Crippen molar-refractivity contribution in [2.45, 2.75) is 24.7 Å². The summed E-state index contributed by atoms with van der Waals surface area (Å²) in [5, 5.41) is 10.1. The first-order valence-corrected chi connectivity index (χ1v) is 8.66. The number of ether oxygens (including phenoxy) is 4. The molecular formula is C21H24O7. The Balaban J connectivity index is 1.98. The molecule has 1 aliphatic rings. The average Bonchev–Trinajstić information content (AvgIpc) is 2.71. The number of hydrogen-bond acceptors (Lipinski definition) is 7. The minimum Gasteiger partial charge on any atom is -0.496 e. The molecule has 0 aromatic heterocycles. The van der Waals surface area contributed by atoms with Gasteiger partial charge in [0.15, 0.2) is 17.7 Å². The largest absolute Gasteiger partial charge is 0.496 e. The van der Waals surface area contributed by atoms with E-state index in [0.717, 1.165) is 0 Å². The highest BCUT2D eigenvalue weighted by atomic mass is 16.6. The monoisotopic (exact) mass is 388 g/mol. The molecule has 0 saturated heterocycles. The zero-order chi connectivity index (χ0) is 20.6. The second-order valence-electron chi connectivity index (χ2n) is 6.09. The summed E-state index contributed by atoms with van der Waals surface area (Å²) in [6, 6.07) is 8.56. The zero-order valence-corrected chi connectivity index (χ0v) is 16.1. The summed E-state index contributed by atoms with van der Waals surface area (Å²) in [6.07, 6.45) is 5.05. The Kier molecular flexibility index (Phi) is 7.69. The van der Waals surface area contributed by atoms with Crippen molar-refractivity contribution < 1.29 is 33.6 Å². The number of ketones is 1. The number of hydrogen-bond donors (Lipinski definition) is 1. The van der Waals surface area contributed by atoms with Crippen LogP contribution in [-0.2, 0) is 23.8 Å². The molecule has 0 spiro atoms. The molecule has 0 saturated carbocycles. The third kappa shape index (κ3) is 5.88. The molecule has 0 radical (unpaired) electrons. The van der Waals surface area contributed by atoms with Gasteiger partial charge in [-0.25, -0.2) is 4.79 Å². The van der Waals surface area contributed by atoms with Crippen molar-refractivity contribution >= 4 is 11.8 Å². The molecule has 2 atom stereocenters. The van der Waals surface area contributed by atoms with E-state index in [4.69, 9.17) is 18.9 Å². The van der Waals surface area contributed by atoms with Crippen molar-refractivity contribution in [1.29, 1.82) is 0 Å². The molecule has 28 heavy (non-hydrogen) atoms. The van der Waals surface area contributed by atoms with Crippen LogP contribution < -0.4 is 4.74 Å². The zero-order valence-electron chi connectivity index (χ0n) is 16.1. The van der Waals surface area contributed by atoms with Crippen molar-refractivity contribution in [1.82, 2.24) is 0 Å². The standard InChI is InChI=1S/C21H24O7/c1-25-18(20(23)28-17-7-5-4-6-8-17)13-16(22)10-9-15-11-12-21(24,27-3)14-19(15)26-2/h4-11,14,18,24H,12-13H2,1-3H3. The lowest BCUT2D eigenvalue weighted by Crippen LogP contribution is -2.30. The topological polar surface area (TPSA) is 91.3 Å². The number of carbonyl (C=O) groups is 2. The predicted octanol–water partition coefficient (Wildman–Crippen LogP) is 2.32. The van der Waals surface area contributed by atoms with E-state index in [-0.39, 0.29) is 18.6 Å². The number of rotatable bonds is 9. The summed E-state index contributed by atoms with van der Waals surface area (Å²) in [6.45, 7) is 0. The van der Waals surface area contributed by atoms with Gasteiger partial charge in [0, 0.05) is 38.7 Å². The van der Waals surface area contributed by atoms with Crippen LogP contribution in [0.4, 0.5) is 0 Å². The van der Waals surface area contributed by atoms with Crippen LogP contribution >= 0.6 is 0 Å². The van der Waals surface area contributed by atoms with E-state index in [9.17, 15) is 14.7 Å². The molecular weight excluding hydrogens is 364 g/mol. The maximum absolute atomic E-state index is 12.3. The summed E-state index contributed by atoms with van der Waals surface area (Å²) >= 11 is 0. The van der Waals surface area contributed by atoms with Crippen molar-refractivity contribution in [2.24, 2.45) is 0 Å². The van der Waals surface area contributed by atoms with Crippen LogP contribution in [0.3, 0.4) is 0 Å². The molecule has 0 amide bonds. The van der Waals surface area contributed by atoms with Gasteiger partial charge < -0.3 is 24.1 Å². The van der Waals surface area contributed by atoms with Crippen LogP contribution in [0.1, 0.15) is 12.8 Å². The fourth-order valence-corrected chi connectivity index (χ4v) is 2.54. The molecule has 7 nitrogen and oxygen atoms in total. The molecule has 1 N–H and O–H groups in total. The van der Waals surface area contributed by atoms with Crippen molar-refractivity contribution in [3.05, 3.63) is 66.0 Å². The fourth-order valence-electron chi connectivity index (χ4n) is 2.54. The van der Waals surface area contributed by atoms with E-state index >= 15 is 0 Å².